The Bertz CT molecular complexity index is 313. The van der Waals surface area contributed by atoms with Gasteiger partial charge in [-0.1, -0.05) is 33.1 Å². The molecule has 104 valence electrons. The van der Waals surface area contributed by atoms with Gasteiger partial charge in [0.2, 0.25) is 11.8 Å². The van der Waals surface area contributed by atoms with Crippen LogP contribution in [0.25, 0.3) is 0 Å². The third kappa shape index (κ3) is 3.03. The summed E-state index contributed by atoms with van der Waals surface area (Å²) in [5, 5.41) is 2.85. The molecule has 2 amide bonds. The summed E-state index contributed by atoms with van der Waals surface area (Å²) in [5.74, 6) is 0.0506. The Labute approximate surface area is 110 Å². The highest BCUT2D eigenvalue weighted by Crippen LogP contribution is 2.23. The zero-order valence-electron chi connectivity index (χ0n) is 12.1. The fourth-order valence-electron chi connectivity index (χ4n) is 2.38. The molecule has 0 aromatic carbocycles. The fraction of sp³-hybridized carbons (Fsp3) is 0.857. The van der Waals surface area contributed by atoms with Gasteiger partial charge in [-0.05, 0) is 26.7 Å². The zero-order chi connectivity index (χ0) is 13.8. The van der Waals surface area contributed by atoms with Crippen molar-refractivity contribution in [2.45, 2.75) is 71.4 Å². The van der Waals surface area contributed by atoms with E-state index in [1.807, 2.05) is 20.8 Å². The van der Waals surface area contributed by atoms with Crippen molar-refractivity contribution in [2.75, 3.05) is 6.54 Å². The molecule has 0 aliphatic carbocycles. The van der Waals surface area contributed by atoms with Crippen molar-refractivity contribution in [3.05, 3.63) is 0 Å². The van der Waals surface area contributed by atoms with Crippen molar-refractivity contribution in [1.29, 1.82) is 0 Å². The second-order valence-corrected chi connectivity index (χ2v) is 5.57. The van der Waals surface area contributed by atoms with E-state index in [1.165, 1.54) is 0 Å². The minimum absolute atomic E-state index is 0.0305. The molecule has 4 nitrogen and oxygen atoms in total. The Morgan fingerprint density at radius 1 is 1.17 bits per heavy atom. The van der Waals surface area contributed by atoms with Crippen molar-refractivity contribution < 1.29 is 9.59 Å². The summed E-state index contributed by atoms with van der Waals surface area (Å²) < 4.78 is 0. The van der Waals surface area contributed by atoms with Gasteiger partial charge in [-0.25, -0.2) is 0 Å². The van der Waals surface area contributed by atoms with Crippen LogP contribution < -0.4 is 5.32 Å². The van der Waals surface area contributed by atoms with E-state index < -0.39 is 5.54 Å². The summed E-state index contributed by atoms with van der Waals surface area (Å²) in [5.41, 5.74) is -0.713. The van der Waals surface area contributed by atoms with Crippen LogP contribution in [0.15, 0.2) is 0 Å². The van der Waals surface area contributed by atoms with Crippen LogP contribution >= 0.6 is 0 Å². The molecular weight excluding hydrogens is 228 g/mol. The van der Waals surface area contributed by atoms with Crippen molar-refractivity contribution in [3.8, 4) is 0 Å². The average Bonchev–Trinajstić information content (AvgIpc) is 2.31. The SMILES string of the molecule is CCCCCN1C(=O)C(CCC)NC(=O)C1(C)C. The molecule has 4 heteroatoms. The first kappa shape index (κ1) is 15.0. The van der Waals surface area contributed by atoms with Crippen LogP contribution in [0, 0.1) is 0 Å². The highest BCUT2D eigenvalue weighted by Gasteiger charge is 2.45. The number of unbranched alkanes of at least 4 members (excludes halogenated alkanes) is 2. The quantitative estimate of drug-likeness (QED) is 0.738. The number of piperazine rings is 1. The first-order chi connectivity index (χ1) is 8.45. The third-order valence-electron chi connectivity index (χ3n) is 3.66. The molecule has 0 spiro atoms. The number of amides is 2. The average molecular weight is 254 g/mol. The molecule has 1 aliphatic heterocycles. The molecule has 0 aromatic rings. The predicted octanol–water partition coefficient (Wildman–Crippen LogP) is 2.08. The second-order valence-electron chi connectivity index (χ2n) is 5.57. The van der Waals surface area contributed by atoms with E-state index in [4.69, 9.17) is 0 Å². The summed E-state index contributed by atoms with van der Waals surface area (Å²) in [4.78, 5) is 26.2. The minimum atomic E-state index is -0.713. The Balaban J connectivity index is 2.78. The van der Waals surface area contributed by atoms with Gasteiger partial charge in [0.1, 0.15) is 11.6 Å². The molecule has 1 atom stereocenters. The first-order valence-electron chi connectivity index (χ1n) is 7.07. The molecule has 0 saturated carbocycles. The summed E-state index contributed by atoms with van der Waals surface area (Å²) in [6.45, 7) is 8.51. The second kappa shape index (κ2) is 6.21. The Morgan fingerprint density at radius 2 is 1.83 bits per heavy atom. The van der Waals surface area contributed by atoms with Crippen molar-refractivity contribution in [2.24, 2.45) is 0 Å². The topological polar surface area (TPSA) is 49.4 Å². The van der Waals surface area contributed by atoms with Crippen molar-refractivity contribution >= 4 is 11.8 Å². The standard InChI is InChI=1S/C14H26N2O2/c1-5-7-8-10-16-12(17)11(9-6-2)15-13(18)14(16,3)4/h11H,5-10H2,1-4H3,(H,15,18). The first-order valence-corrected chi connectivity index (χ1v) is 7.07. The maximum Gasteiger partial charge on any atom is 0.246 e. The highest BCUT2D eigenvalue weighted by atomic mass is 16.2. The van der Waals surface area contributed by atoms with Gasteiger partial charge in [0.15, 0.2) is 0 Å². The van der Waals surface area contributed by atoms with E-state index >= 15 is 0 Å². The number of nitrogens with zero attached hydrogens (tertiary/aromatic N) is 1. The summed E-state index contributed by atoms with van der Waals surface area (Å²) in [6.07, 6.45) is 4.82. The number of hydrogen-bond donors (Lipinski definition) is 1. The maximum absolute atomic E-state index is 12.4. The molecular formula is C14H26N2O2. The number of rotatable bonds is 6. The number of carbonyl (C=O) groups excluding carboxylic acids is 2. The predicted molar refractivity (Wildman–Crippen MR) is 72.2 cm³/mol. The van der Waals surface area contributed by atoms with Crippen molar-refractivity contribution in [1.82, 2.24) is 10.2 Å². The lowest BCUT2D eigenvalue weighted by Gasteiger charge is -2.44. The van der Waals surface area contributed by atoms with Gasteiger partial charge in [0.25, 0.3) is 0 Å². The van der Waals surface area contributed by atoms with Crippen LogP contribution in [0.5, 0.6) is 0 Å². The van der Waals surface area contributed by atoms with Crippen LogP contribution in [-0.4, -0.2) is 34.8 Å². The molecule has 1 fully saturated rings. The lowest BCUT2D eigenvalue weighted by atomic mass is 9.93. The molecule has 18 heavy (non-hydrogen) atoms. The smallest absolute Gasteiger partial charge is 0.246 e. The zero-order valence-corrected chi connectivity index (χ0v) is 12.1. The maximum atomic E-state index is 12.4. The molecule has 1 saturated heterocycles. The largest absolute Gasteiger partial charge is 0.342 e. The van der Waals surface area contributed by atoms with Crippen LogP contribution in [0.3, 0.4) is 0 Å². The monoisotopic (exact) mass is 254 g/mol. The van der Waals surface area contributed by atoms with Crippen LogP contribution in [0.1, 0.15) is 59.8 Å². The summed E-state index contributed by atoms with van der Waals surface area (Å²) in [6, 6.07) is -0.322. The van der Waals surface area contributed by atoms with E-state index in [0.717, 1.165) is 32.1 Å². The van der Waals surface area contributed by atoms with Gasteiger partial charge >= 0.3 is 0 Å². The van der Waals surface area contributed by atoms with E-state index in [2.05, 4.69) is 12.2 Å². The molecule has 1 unspecified atom stereocenters. The molecule has 1 N–H and O–H groups in total. The molecule has 0 bridgehead atoms. The fourth-order valence-corrected chi connectivity index (χ4v) is 2.38. The van der Waals surface area contributed by atoms with Crippen LogP contribution in [0.4, 0.5) is 0 Å². The van der Waals surface area contributed by atoms with Gasteiger partial charge in [0.05, 0.1) is 0 Å². The van der Waals surface area contributed by atoms with Gasteiger partial charge in [-0.3, -0.25) is 9.59 Å². The third-order valence-corrected chi connectivity index (χ3v) is 3.66. The lowest BCUT2D eigenvalue weighted by molar-refractivity contribution is -0.155. The van der Waals surface area contributed by atoms with Gasteiger partial charge < -0.3 is 10.2 Å². The van der Waals surface area contributed by atoms with E-state index in [1.54, 1.807) is 4.90 Å². The summed E-state index contributed by atoms with van der Waals surface area (Å²) >= 11 is 0. The Hall–Kier alpha value is -1.06. The van der Waals surface area contributed by atoms with Gasteiger partial charge in [0, 0.05) is 6.54 Å². The number of carbonyl (C=O) groups is 2. The van der Waals surface area contributed by atoms with Gasteiger partial charge in [-0.15, -0.1) is 0 Å². The Kier molecular flexibility index (Phi) is 5.17. The lowest BCUT2D eigenvalue weighted by Crippen LogP contribution is -2.68. The molecule has 1 heterocycles. The minimum Gasteiger partial charge on any atom is -0.342 e. The molecule has 0 aromatic heterocycles. The number of nitrogens with one attached hydrogen (secondary N) is 1. The number of hydrogen-bond acceptors (Lipinski definition) is 2. The van der Waals surface area contributed by atoms with Crippen LogP contribution in [0.2, 0.25) is 0 Å². The molecule has 1 aliphatic rings. The highest BCUT2D eigenvalue weighted by molar-refractivity contribution is 5.99. The molecule has 0 radical (unpaired) electrons. The van der Waals surface area contributed by atoms with Crippen molar-refractivity contribution in [3.63, 3.8) is 0 Å². The molecule has 1 rings (SSSR count). The van der Waals surface area contributed by atoms with E-state index in [0.29, 0.717) is 6.54 Å². The van der Waals surface area contributed by atoms with E-state index in [9.17, 15) is 9.59 Å². The Morgan fingerprint density at radius 3 is 2.39 bits per heavy atom. The van der Waals surface area contributed by atoms with Gasteiger partial charge in [-0.2, -0.15) is 0 Å². The normalized spacial score (nSPS) is 23.1. The van der Waals surface area contributed by atoms with E-state index in [-0.39, 0.29) is 17.9 Å². The summed E-state index contributed by atoms with van der Waals surface area (Å²) in [7, 11) is 0. The van der Waals surface area contributed by atoms with Crippen LogP contribution in [-0.2, 0) is 9.59 Å².